The molecule has 138 valence electrons. The van der Waals surface area contributed by atoms with E-state index in [1.807, 2.05) is 0 Å². The molecule has 0 unspecified atom stereocenters. The van der Waals surface area contributed by atoms with Gasteiger partial charge in [0.15, 0.2) is 6.10 Å². The van der Waals surface area contributed by atoms with Gasteiger partial charge in [0.25, 0.3) is 17.7 Å². The molecule has 0 aliphatic carbocycles. The summed E-state index contributed by atoms with van der Waals surface area (Å²) in [5, 5.41) is 2.52. The molecule has 0 radical (unpaired) electrons. The zero-order valence-corrected chi connectivity index (χ0v) is 15.4. The molecule has 26 heavy (non-hydrogen) atoms. The Kier molecular flexibility index (Phi) is 6.57. The molecular weight excluding hydrogens is 356 g/mol. The van der Waals surface area contributed by atoms with Crippen molar-refractivity contribution >= 4 is 35.5 Å². The molecule has 0 bridgehead atoms. The van der Waals surface area contributed by atoms with Crippen molar-refractivity contribution in [3.63, 3.8) is 0 Å². The number of nitrogens with zero attached hydrogens (tertiary/aromatic N) is 1. The molecular formula is C18H20N2O5S. The van der Waals surface area contributed by atoms with Crippen LogP contribution in [0.1, 0.15) is 27.6 Å². The second-order valence-electron chi connectivity index (χ2n) is 5.61. The first-order valence-corrected chi connectivity index (χ1v) is 9.36. The molecule has 0 saturated heterocycles. The summed E-state index contributed by atoms with van der Waals surface area (Å²) in [4.78, 5) is 50.5. The van der Waals surface area contributed by atoms with Crippen molar-refractivity contribution in [2.75, 3.05) is 18.6 Å². The first-order chi connectivity index (χ1) is 12.4. The molecule has 1 aromatic carbocycles. The van der Waals surface area contributed by atoms with E-state index in [4.69, 9.17) is 4.74 Å². The van der Waals surface area contributed by atoms with Gasteiger partial charge < -0.3 is 10.1 Å². The van der Waals surface area contributed by atoms with Gasteiger partial charge in [-0.1, -0.05) is 18.2 Å². The SMILES string of the molecule is C=CCNC(=O)[C@@H](C)OC(=O)[C@H](CSC)N1C(=O)c2ccccc2C1=O. The highest BCUT2D eigenvalue weighted by atomic mass is 32.2. The predicted molar refractivity (Wildman–Crippen MR) is 97.9 cm³/mol. The van der Waals surface area contributed by atoms with Crippen LogP contribution in [0.25, 0.3) is 0 Å². The Labute approximate surface area is 155 Å². The summed E-state index contributed by atoms with van der Waals surface area (Å²) in [5.41, 5.74) is 0.515. The van der Waals surface area contributed by atoms with Gasteiger partial charge in [0.2, 0.25) is 0 Å². The maximum atomic E-state index is 12.6. The standard InChI is InChI=1S/C18H20N2O5S/c1-4-9-19-15(21)11(2)25-18(24)14(10-26-3)20-16(22)12-7-5-6-8-13(12)17(20)23/h4-8,11,14H,1,9-10H2,2-3H3,(H,19,21)/t11-,14+/m1/s1. The molecule has 3 amide bonds. The quantitative estimate of drug-likeness (QED) is 0.417. The van der Waals surface area contributed by atoms with Crippen molar-refractivity contribution in [2.45, 2.75) is 19.1 Å². The second kappa shape index (κ2) is 8.66. The summed E-state index contributed by atoms with van der Waals surface area (Å²) in [7, 11) is 0. The molecule has 0 fully saturated rings. The summed E-state index contributed by atoms with van der Waals surface area (Å²) in [6.45, 7) is 5.16. The Hall–Kier alpha value is -2.61. The maximum Gasteiger partial charge on any atom is 0.331 e. The van der Waals surface area contributed by atoms with Crippen molar-refractivity contribution in [3.05, 3.63) is 48.0 Å². The molecule has 0 spiro atoms. The third-order valence-electron chi connectivity index (χ3n) is 3.82. The fraction of sp³-hybridized carbons (Fsp3) is 0.333. The van der Waals surface area contributed by atoms with Gasteiger partial charge in [-0.25, -0.2) is 4.79 Å². The third-order valence-corrected chi connectivity index (χ3v) is 4.47. The molecule has 0 saturated carbocycles. The van der Waals surface area contributed by atoms with Crippen LogP contribution in [-0.2, 0) is 14.3 Å². The van der Waals surface area contributed by atoms with Crippen molar-refractivity contribution in [2.24, 2.45) is 0 Å². The van der Waals surface area contributed by atoms with Gasteiger partial charge in [0.1, 0.15) is 6.04 Å². The number of thioether (sulfide) groups is 1. The van der Waals surface area contributed by atoms with E-state index in [-0.39, 0.29) is 23.4 Å². The van der Waals surface area contributed by atoms with Gasteiger partial charge in [0.05, 0.1) is 11.1 Å². The summed E-state index contributed by atoms with van der Waals surface area (Å²) >= 11 is 1.30. The van der Waals surface area contributed by atoms with Crippen LogP contribution in [0.15, 0.2) is 36.9 Å². The molecule has 1 aromatic rings. The van der Waals surface area contributed by atoms with Crippen LogP contribution >= 0.6 is 11.8 Å². The lowest BCUT2D eigenvalue weighted by Gasteiger charge is -2.25. The van der Waals surface area contributed by atoms with Crippen LogP contribution < -0.4 is 5.32 Å². The van der Waals surface area contributed by atoms with E-state index in [0.29, 0.717) is 0 Å². The van der Waals surface area contributed by atoms with E-state index in [1.165, 1.54) is 24.8 Å². The molecule has 7 nitrogen and oxygen atoms in total. The first-order valence-electron chi connectivity index (χ1n) is 7.97. The number of rotatable bonds is 8. The van der Waals surface area contributed by atoms with E-state index in [1.54, 1.807) is 30.5 Å². The molecule has 1 N–H and O–H groups in total. The predicted octanol–water partition coefficient (Wildman–Crippen LogP) is 1.25. The first kappa shape index (κ1) is 19.7. The highest BCUT2D eigenvalue weighted by Crippen LogP contribution is 2.26. The number of nitrogens with one attached hydrogen (secondary N) is 1. The number of carbonyl (C=O) groups is 4. The van der Waals surface area contributed by atoms with Crippen LogP contribution in [0.5, 0.6) is 0 Å². The number of esters is 1. The Balaban J connectivity index is 2.17. The van der Waals surface area contributed by atoms with Crippen molar-refractivity contribution in [1.82, 2.24) is 10.2 Å². The minimum Gasteiger partial charge on any atom is -0.451 e. The van der Waals surface area contributed by atoms with Crippen molar-refractivity contribution < 1.29 is 23.9 Å². The number of benzene rings is 1. The zero-order chi connectivity index (χ0) is 19.3. The average Bonchev–Trinajstić information content (AvgIpc) is 2.88. The van der Waals surface area contributed by atoms with E-state index in [0.717, 1.165) is 4.90 Å². The number of hydrogen-bond donors (Lipinski definition) is 1. The average molecular weight is 376 g/mol. The minimum atomic E-state index is -1.10. The number of imide groups is 1. The van der Waals surface area contributed by atoms with Gasteiger partial charge in [-0.05, 0) is 25.3 Å². The highest BCUT2D eigenvalue weighted by molar-refractivity contribution is 7.98. The summed E-state index contributed by atoms with van der Waals surface area (Å²) in [5.74, 6) is -2.18. The lowest BCUT2D eigenvalue weighted by Crippen LogP contribution is -2.49. The summed E-state index contributed by atoms with van der Waals surface area (Å²) in [6.07, 6.45) is 2.20. The Morgan fingerprint density at radius 2 is 1.85 bits per heavy atom. The van der Waals surface area contributed by atoms with Crippen LogP contribution in [0, 0.1) is 0 Å². The fourth-order valence-corrected chi connectivity index (χ4v) is 3.12. The lowest BCUT2D eigenvalue weighted by atomic mass is 10.1. The van der Waals surface area contributed by atoms with Gasteiger partial charge in [-0.3, -0.25) is 19.3 Å². The van der Waals surface area contributed by atoms with Gasteiger partial charge in [-0.15, -0.1) is 6.58 Å². The van der Waals surface area contributed by atoms with Crippen molar-refractivity contribution in [3.8, 4) is 0 Å². The fourth-order valence-electron chi connectivity index (χ4n) is 2.52. The zero-order valence-electron chi connectivity index (χ0n) is 14.6. The Morgan fingerprint density at radius 3 is 2.35 bits per heavy atom. The van der Waals surface area contributed by atoms with Gasteiger partial charge in [0, 0.05) is 12.3 Å². The summed E-state index contributed by atoms with van der Waals surface area (Å²) in [6, 6.07) is 5.29. The molecule has 8 heteroatoms. The minimum absolute atomic E-state index is 0.172. The normalized spacial score (nSPS) is 15.2. The van der Waals surface area contributed by atoms with Crippen LogP contribution in [0.4, 0.5) is 0 Å². The second-order valence-corrected chi connectivity index (χ2v) is 6.52. The molecule has 1 aliphatic heterocycles. The monoisotopic (exact) mass is 376 g/mol. The van der Waals surface area contributed by atoms with Gasteiger partial charge >= 0.3 is 5.97 Å². The van der Waals surface area contributed by atoms with Crippen LogP contribution in [0.3, 0.4) is 0 Å². The van der Waals surface area contributed by atoms with E-state index >= 15 is 0 Å². The number of hydrogen-bond acceptors (Lipinski definition) is 6. The highest BCUT2D eigenvalue weighted by Gasteiger charge is 2.43. The van der Waals surface area contributed by atoms with E-state index in [2.05, 4.69) is 11.9 Å². The molecule has 2 rings (SSSR count). The Morgan fingerprint density at radius 1 is 1.27 bits per heavy atom. The summed E-state index contributed by atoms with van der Waals surface area (Å²) < 4.78 is 5.19. The van der Waals surface area contributed by atoms with Crippen LogP contribution in [-0.4, -0.2) is 59.3 Å². The van der Waals surface area contributed by atoms with Gasteiger partial charge in [-0.2, -0.15) is 11.8 Å². The van der Waals surface area contributed by atoms with Crippen molar-refractivity contribution in [1.29, 1.82) is 0 Å². The number of ether oxygens (including phenoxy) is 1. The lowest BCUT2D eigenvalue weighted by molar-refractivity contribution is -0.157. The number of fused-ring (bicyclic) bond motifs is 1. The largest absolute Gasteiger partial charge is 0.451 e. The van der Waals surface area contributed by atoms with E-state index < -0.39 is 35.8 Å². The molecule has 1 heterocycles. The smallest absolute Gasteiger partial charge is 0.331 e. The maximum absolute atomic E-state index is 12.6. The molecule has 0 aromatic heterocycles. The van der Waals surface area contributed by atoms with E-state index in [9.17, 15) is 19.2 Å². The third kappa shape index (κ3) is 3.96. The molecule has 2 atom stereocenters. The molecule has 1 aliphatic rings. The number of carbonyl (C=O) groups excluding carboxylic acids is 4. The van der Waals surface area contributed by atoms with Crippen LogP contribution in [0.2, 0.25) is 0 Å². The number of amides is 3. The topological polar surface area (TPSA) is 92.8 Å². The Bertz CT molecular complexity index is 714.